The van der Waals surface area contributed by atoms with Crippen LogP contribution in [0.15, 0.2) is 0 Å². The molecule has 0 aromatic rings. The van der Waals surface area contributed by atoms with Crippen LogP contribution in [0.25, 0.3) is 0 Å². The minimum Gasteiger partial charge on any atom is -0.509 e. The van der Waals surface area contributed by atoms with E-state index >= 15 is 0 Å². The summed E-state index contributed by atoms with van der Waals surface area (Å²) < 4.78 is 1.03. The van der Waals surface area contributed by atoms with Crippen molar-refractivity contribution in [2.75, 3.05) is 6.61 Å². The smallest absolute Gasteiger partial charge is 0.349 e. The van der Waals surface area contributed by atoms with E-state index in [2.05, 4.69) is 23.0 Å². The second-order valence-electron chi connectivity index (χ2n) is 1.26. The molecule has 0 saturated carbocycles. The van der Waals surface area contributed by atoms with Crippen LogP contribution in [0.4, 0.5) is 0 Å². The van der Waals surface area contributed by atoms with Crippen LogP contribution < -0.4 is 5.32 Å². The maximum atomic E-state index is 10.3. The third kappa shape index (κ3) is 1.06. The summed E-state index contributed by atoms with van der Waals surface area (Å²) in [5.74, 6) is -0.175. The van der Waals surface area contributed by atoms with Crippen LogP contribution >= 0.6 is 0 Å². The Morgan fingerprint density at radius 2 is 2.75 bits per heavy atom. The zero-order valence-electron chi connectivity index (χ0n) is 3.96. The van der Waals surface area contributed by atoms with Gasteiger partial charge in [-0.25, -0.2) is 10.1 Å². The van der Waals surface area contributed by atoms with Crippen molar-refractivity contribution in [2.45, 2.75) is 0 Å². The summed E-state index contributed by atoms with van der Waals surface area (Å²) in [6, 6.07) is 0. The van der Waals surface area contributed by atoms with Crippen LogP contribution in [0.3, 0.4) is 0 Å². The molecule has 0 aromatic carbocycles. The van der Waals surface area contributed by atoms with Gasteiger partial charge in [-0.15, -0.1) is 0 Å². The van der Waals surface area contributed by atoms with Crippen molar-refractivity contribution in [3.63, 3.8) is 0 Å². The lowest BCUT2D eigenvalue weighted by Gasteiger charge is -2.11. The van der Waals surface area contributed by atoms with Gasteiger partial charge >= 0.3 is 5.91 Å². The molecular weight excluding hydrogens is 128 g/mol. The molecule has 0 radical (unpaired) electrons. The molecule has 1 aliphatic rings. The number of nitrogens with zero attached hydrogens (tertiary/aromatic N) is 1. The van der Waals surface area contributed by atoms with E-state index in [4.69, 9.17) is 0 Å². The standard InChI is InChI=1S/C3H4N2O2S/c6-3-1-7-5(8)2-4-3/h2H,1H2,(H,4,6). The van der Waals surface area contributed by atoms with Crippen molar-refractivity contribution in [1.29, 1.82) is 0 Å². The summed E-state index contributed by atoms with van der Waals surface area (Å²) in [7, 11) is 0. The normalized spacial score (nSPS) is 18.5. The highest BCUT2D eigenvalue weighted by molar-refractivity contribution is 7.51. The summed E-state index contributed by atoms with van der Waals surface area (Å²) >= 11 is 4.48. The SMILES string of the molecule is O=C1CO[N+]([S-])=CN1. The molecule has 1 aliphatic heterocycles. The summed E-state index contributed by atoms with van der Waals surface area (Å²) in [5.41, 5.74) is 0. The van der Waals surface area contributed by atoms with E-state index in [1.807, 2.05) is 0 Å². The summed E-state index contributed by atoms with van der Waals surface area (Å²) in [4.78, 5) is 14.8. The molecule has 5 heteroatoms. The highest BCUT2D eigenvalue weighted by Gasteiger charge is 2.09. The fourth-order valence-corrected chi connectivity index (χ4v) is 0.431. The average Bonchev–Trinajstić information content (AvgIpc) is 1.77. The highest BCUT2D eigenvalue weighted by Crippen LogP contribution is 1.78. The molecule has 4 nitrogen and oxygen atoms in total. The lowest BCUT2D eigenvalue weighted by Crippen LogP contribution is -2.36. The molecule has 8 heavy (non-hydrogen) atoms. The number of amides is 1. The van der Waals surface area contributed by atoms with Crippen LogP contribution in [0.2, 0.25) is 0 Å². The van der Waals surface area contributed by atoms with Crippen molar-refractivity contribution >= 4 is 25.1 Å². The van der Waals surface area contributed by atoms with Crippen molar-refractivity contribution in [3.05, 3.63) is 0 Å². The molecule has 1 rings (SSSR count). The lowest BCUT2D eigenvalue weighted by molar-refractivity contribution is -0.661. The summed E-state index contributed by atoms with van der Waals surface area (Å²) in [6.45, 7) is 0.0139. The highest BCUT2D eigenvalue weighted by atomic mass is 32.1. The molecule has 0 saturated heterocycles. The first-order valence-corrected chi connectivity index (χ1v) is 2.37. The van der Waals surface area contributed by atoms with Crippen molar-refractivity contribution < 1.29 is 13.8 Å². The fraction of sp³-hybridized carbons (Fsp3) is 0.333. The van der Waals surface area contributed by atoms with Gasteiger partial charge in [0.05, 0.1) is 0 Å². The van der Waals surface area contributed by atoms with Crippen LogP contribution in [0, 0.1) is 0 Å². The second-order valence-corrected chi connectivity index (χ2v) is 1.62. The lowest BCUT2D eigenvalue weighted by atomic mass is 10.6. The Kier molecular flexibility index (Phi) is 1.29. The first-order chi connectivity index (χ1) is 3.79. The predicted octanol–water partition coefficient (Wildman–Crippen LogP) is -1.45. The van der Waals surface area contributed by atoms with Crippen molar-refractivity contribution in [3.8, 4) is 0 Å². The maximum absolute atomic E-state index is 10.3. The maximum Gasteiger partial charge on any atom is 0.349 e. The molecule has 0 spiro atoms. The molecule has 0 bridgehead atoms. The molecule has 0 aliphatic carbocycles. The minimum atomic E-state index is -0.175. The molecule has 0 atom stereocenters. The average molecular weight is 132 g/mol. The third-order valence-corrected chi connectivity index (χ3v) is 0.865. The number of carbonyl (C=O) groups is 1. The third-order valence-electron chi connectivity index (χ3n) is 0.654. The Morgan fingerprint density at radius 1 is 2.00 bits per heavy atom. The van der Waals surface area contributed by atoms with Crippen molar-refractivity contribution in [2.24, 2.45) is 0 Å². The number of hydrogen-bond donors (Lipinski definition) is 1. The van der Waals surface area contributed by atoms with Gasteiger partial charge in [-0.3, -0.25) is 0 Å². The Labute approximate surface area is 51.6 Å². The zero-order chi connectivity index (χ0) is 5.98. The Bertz CT molecular complexity index is 144. The van der Waals surface area contributed by atoms with E-state index in [1.54, 1.807) is 0 Å². The van der Waals surface area contributed by atoms with Crippen molar-refractivity contribution in [1.82, 2.24) is 5.32 Å². The minimum absolute atomic E-state index is 0.0139. The van der Waals surface area contributed by atoms with Gasteiger partial charge in [0, 0.05) is 0 Å². The van der Waals surface area contributed by atoms with E-state index in [1.165, 1.54) is 6.34 Å². The fourth-order valence-electron chi connectivity index (χ4n) is 0.326. The van der Waals surface area contributed by atoms with Crippen LogP contribution in [0.1, 0.15) is 0 Å². The topological polar surface area (TPSA) is 41.3 Å². The molecule has 0 fully saturated rings. The van der Waals surface area contributed by atoms with Gasteiger partial charge < -0.3 is 17.7 Å². The summed E-state index contributed by atoms with van der Waals surface area (Å²) in [5, 5.41) is 2.36. The van der Waals surface area contributed by atoms with Crippen LogP contribution in [0.5, 0.6) is 0 Å². The molecule has 44 valence electrons. The molecule has 0 unspecified atom stereocenters. The van der Waals surface area contributed by atoms with Gasteiger partial charge in [0.1, 0.15) is 0 Å². The monoisotopic (exact) mass is 132 g/mol. The zero-order valence-corrected chi connectivity index (χ0v) is 4.77. The number of rotatable bonds is 0. The molecule has 1 N–H and O–H groups in total. The summed E-state index contributed by atoms with van der Waals surface area (Å²) in [6.07, 6.45) is 1.28. The predicted molar refractivity (Wildman–Crippen MR) is 27.8 cm³/mol. The Hall–Kier alpha value is -0.840. The Morgan fingerprint density at radius 3 is 3.12 bits per heavy atom. The molecule has 0 aromatic heterocycles. The van der Waals surface area contributed by atoms with Crippen LogP contribution in [-0.2, 0) is 22.4 Å². The van der Waals surface area contributed by atoms with E-state index in [0.29, 0.717) is 0 Å². The van der Waals surface area contributed by atoms with Gasteiger partial charge in [0.25, 0.3) is 6.34 Å². The van der Waals surface area contributed by atoms with Gasteiger partial charge in [-0.2, -0.15) is 4.14 Å². The quantitative estimate of drug-likeness (QED) is 0.324. The van der Waals surface area contributed by atoms with Gasteiger partial charge in [-0.05, 0) is 0 Å². The number of carbonyl (C=O) groups excluding carboxylic acids is 1. The number of nitrogens with one attached hydrogen (secondary N) is 1. The molecule has 1 amide bonds. The number of hydrogen-bond acceptors (Lipinski definition) is 3. The van der Waals surface area contributed by atoms with E-state index in [9.17, 15) is 4.79 Å². The van der Waals surface area contributed by atoms with Gasteiger partial charge in [0.2, 0.25) is 6.61 Å². The Balaban J connectivity index is 2.55. The van der Waals surface area contributed by atoms with Gasteiger partial charge in [-0.1, -0.05) is 0 Å². The van der Waals surface area contributed by atoms with E-state index in [0.717, 1.165) is 4.14 Å². The first-order valence-electron chi connectivity index (χ1n) is 2.01. The molecule has 1 heterocycles. The van der Waals surface area contributed by atoms with Crippen LogP contribution in [-0.4, -0.2) is 23.0 Å². The van der Waals surface area contributed by atoms with E-state index < -0.39 is 0 Å². The largest absolute Gasteiger partial charge is 0.509 e. The van der Waals surface area contributed by atoms with Gasteiger partial charge in [0.15, 0.2) is 0 Å². The van der Waals surface area contributed by atoms with E-state index in [-0.39, 0.29) is 12.5 Å². The first kappa shape index (κ1) is 5.30. The second kappa shape index (κ2) is 1.95. The molecular formula is C3H4N2O2S.